The van der Waals surface area contributed by atoms with Crippen LogP contribution in [0.3, 0.4) is 0 Å². The molecule has 0 atom stereocenters. The summed E-state index contributed by atoms with van der Waals surface area (Å²) in [4.78, 5) is 24.6. The second-order valence-corrected chi connectivity index (χ2v) is 6.98. The van der Waals surface area contributed by atoms with Crippen LogP contribution in [0.5, 0.6) is 0 Å². The standard InChI is InChI=1S/C18H18ClN5O2/c1-18(2,3)26-17(25)23-14-7-9-21-16(22-14)24-15-13-10-12(19)5-4-11(13)6-8-20-15/h4-10H,1-3H3,(H2,20,21,22,23,24,25). The Morgan fingerprint density at radius 3 is 2.65 bits per heavy atom. The Hall–Kier alpha value is -2.93. The molecule has 8 heteroatoms. The van der Waals surface area contributed by atoms with E-state index in [0.717, 1.165) is 10.8 Å². The van der Waals surface area contributed by atoms with Crippen molar-refractivity contribution in [2.75, 3.05) is 10.6 Å². The number of nitrogens with zero attached hydrogens (tertiary/aromatic N) is 3. The minimum atomic E-state index is -0.593. The fourth-order valence-electron chi connectivity index (χ4n) is 2.24. The van der Waals surface area contributed by atoms with Gasteiger partial charge in [-0.15, -0.1) is 0 Å². The lowest BCUT2D eigenvalue weighted by atomic mass is 10.1. The minimum Gasteiger partial charge on any atom is -0.444 e. The number of carbonyl (C=O) groups is 1. The maximum absolute atomic E-state index is 11.9. The van der Waals surface area contributed by atoms with Gasteiger partial charge in [0.15, 0.2) is 0 Å². The largest absolute Gasteiger partial charge is 0.444 e. The molecule has 0 radical (unpaired) electrons. The van der Waals surface area contributed by atoms with Gasteiger partial charge in [0, 0.05) is 22.8 Å². The number of aromatic nitrogens is 3. The van der Waals surface area contributed by atoms with Crippen LogP contribution >= 0.6 is 11.6 Å². The Balaban J connectivity index is 1.81. The Kier molecular flexibility index (Phi) is 4.90. The molecular formula is C18H18ClN5O2. The maximum Gasteiger partial charge on any atom is 0.413 e. The highest BCUT2D eigenvalue weighted by Crippen LogP contribution is 2.26. The van der Waals surface area contributed by atoms with Crippen LogP contribution in [0, 0.1) is 0 Å². The second kappa shape index (κ2) is 7.13. The number of fused-ring (bicyclic) bond motifs is 1. The van der Waals surface area contributed by atoms with Crippen molar-refractivity contribution in [1.29, 1.82) is 0 Å². The van der Waals surface area contributed by atoms with Gasteiger partial charge in [0.05, 0.1) is 0 Å². The molecule has 2 heterocycles. The molecular weight excluding hydrogens is 354 g/mol. The minimum absolute atomic E-state index is 0.290. The fourth-order valence-corrected chi connectivity index (χ4v) is 2.41. The molecule has 7 nitrogen and oxygen atoms in total. The third-order valence-corrected chi connectivity index (χ3v) is 3.48. The second-order valence-electron chi connectivity index (χ2n) is 6.54. The van der Waals surface area contributed by atoms with Gasteiger partial charge in [0.25, 0.3) is 0 Å². The third kappa shape index (κ3) is 4.58. The lowest BCUT2D eigenvalue weighted by Gasteiger charge is -2.19. The molecule has 3 rings (SSSR count). The first-order valence-electron chi connectivity index (χ1n) is 7.94. The van der Waals surface area contributed by atoms with E-state index >= 15 is 0 Å². The monoisotopic (exact) mass is 371 g/mol. The van der Waals surface area contributed by atoms with Crippen molar-refractivity contribution in [3.8, 4) is 0 Å². The zero-order valence-corrected chi connectivity index (χ0v) is 15.3. The predicted octanol–water partition coefficient (Wildman–Crippen LogP) is 4.77. The van der Waals surface area contributed by atoms with Gasteiger partial charge in [-0.25, -0.2) is 14.8 Å². The van der Waals surface area contributed by atoms with Gasteiger partial charge in [-0.3, -0.25) is 5.32 Å². The Bertz CT molecular complexity index is 956. The number of rotatable bonds is 3. The number of nitrogens with one attached hydrogen (secondary N) is 2. The van der Waals surface area contributed by atoms with Crippen molar-refractivity contribution in [1.82, 2.24) is 15.0 Å². The molecule has 0 spiro atoms. The number of ether oxygens (including phenoxy) is 1. The van der Waals surface area contributed by atoms with Gasteiger partial charge in [0.2, 0.25) is 5.95 Å². The van der Waals surface area contributed by atoms with E-state index in [1.807, 2.05) is 24.3 Å². The van der Waals surface area contributed by atoms with Gasteiger partial charge in [0.1, 0.15) is 17.2 Å². The van der Waals surface area contributed by atoms with Crippen LogP contribution < -0.4 is 10.6 Å². The number of amides is 1. The Morgan fingerprint density at radius 1 is 1.12 bits per heavy atom. The van der Waals surface area contributed by atoms with Crippen LogP contribution in [-0.2, 0) is 4.74 Å². The predicted molar refractivity (Wildman–Crippen MR) is 102 cm³/mol. The Labute approximate surface area is 155 Å². The first kappa shape index (κ1) is 17.9. The number of hydrogen-bond donors (Lipinski definition) is 2. The molecule has 0 bridgehead atoms. The summed E-state index contributed by atoms with van der Waals surface area (Å²) in [5, 5.41) is 8.06. The summed E-state index contributed by atoms with van der Waals surface area (Å²) in [6.45, 7) is 5.37. The summed E-state index contributed by atoms with van der Waals surface area (Å²) in [5.41, 5.74) is -0.593. The third-order valence-electron chi connectivity index (χ3n) is 3.24. The fraction of sp³-hybridized carbons (Fsp3) is 0.222. The average molecular weight is 372 g/mol. The molecule has 1 aromatic carbocycles. The zero-order chi connectivity index (χ0) is 18.7. The highest BCUT2D eigenvalue weighted by Gasteiger charge is 2.16. The molecule has 0 unspecified atom stereocenters. The van der Waals surface area contributed by atoms with Crippen molar-refractivity contribution in [3.63, 3.8) is 0 Å². The summed E-state index contributed by atoms with van der Waals surface area (Å²) in [6.07, 6.45) is 2.62. The molecule has 0 aliphatic carbocycles. The quantitative estimate of drug-likeness (QED) is 0.689. The number of benzene rings is 1. The normalized spacial score (nSPS) is 11.2. The van der Waals surface area contributed by atoms with Gasteiger partial charge in [-0.05, 0) is 50.4 Å². The molecule has 1 amide bonds. The highest BCUT2D eigenvalue weighted by atomic mass is 35.5. The molecule has 0 aliphatic heterocycles. The van der Waals surface area contributed by atoms with E-state index in [2.05, 4.69) is 25.6 Å². The van der Waals surface area contributed by atoms with E-state index < -0.39 is 11.7 Å². The number of hydrogen-bond acceptors (Lipinski definition) is 6. The van der Waals surface area contributed by atoms with E-state index in [-0.39, 0.29) is 0 Å². The number of anilines is 3. The van der Waals surface area contributed by atoms with Gasteiger partial charge >= 0.3 is 6.09 Å². The lowest BCUT2D eigenvalue weighted by Crippen LogP contribution is -2.27. The van der Waals surface area contributed by atoms with E-state index in [9.17, 15) is 4.79 Å². The number of carbonyl (C=O) groups excluding carboxylic acids is 1. The molecule has 2 aromatic heterocycles. The van der Waals surface area contributed by atoms with Gasteiger partial charge < -0.3 is 10.1 Å². The molecule has 3 aromatic rings. The highest BCUT2D eigenvalue weighted by molar-refractivity contribution is 6.31. The van der Waals surface area contributed by atoms with E-state index in [1.54, 1.807) is 33.0 Å². The molecule has 26 heavy (non-hydrogen) atoms. The maximum atomic E-state index is 11.9. The average Bonchev–Trinajstić information content (AvgIpc) is 2.54. The van der Waals surface area contributed by atoms with Crippen LogP contribution in [0.1, 0.15) is 20.8 Å². The van der Waals surface area contributed by atoms with Crippen molar-refractivity contribution >= 4 is 46.1 Å². The van der Waals surface area contributed by atoms with Crippen LogP contribution in [-0.4, -0.2) is 26.6 Å². The number of halogens is 1. The topological polar surface area (TPSA) is 89.0 Å². The summed E-state index contributed by atoms with van der Waals surface area (Å²) in [6, 6.07) is 9.00. The van der Waals surface area contributed by atoms with Crippen LogP contribution in [0.15, 0.2) is 42.7 Å². The summed E-state index contributed by atoms with van der Waals surface area (Å²) in [5.74, 6) is 1.17. The van der Waals surface area contributed by atoms with Gasteiger partial charge in [-0.2, -0.15) is 4.98 Å². The molecule has 0 fully saturated rings. The SMILES string of the molecule is CC(C)(C)OC(=O)Nc1ccnc(Nc2nccc3ccc(Cl)cc23)n1. The molecule has 0 saturated carbocycles. The summed E-state index contributed by atoms with van der Waals surface area (Å²) >= 11 is 6.08. The van der Waals surface area contributed by atoms with Gasteiger partial charge in [-0.1, -0.05) is 17.7 Å². The van der Waals surface area contributed by atoms with Crippen LogP contribution in [0.4, 0.5) is 22.4 Å². The molecule has 2 N–H and O–H groups in total. The molecule has 0 aliphatic rings. The van der Waals surface area contributed by atoms with Crippen molar-refractivity contribution in [3.05, 3.63) is 47.7 Å². The first-order valence-corrected chi connectivity index (χ1v) is 8.32. The van der Waals surface area contributed by atoms with Crippen LogP contribution in [0.25, 0.3) is 10.8 Å². The summed E-state index contributed by atoms with van der Waals surface area (Å²) in [7, 11) is 0. The van der Waals surface area contributed by atoms with Crippen molar-refractivity contribution in [2.45, 2.75) is 26.4 Å². The van der Waals surface area contributed by atoms with Crippen molar-refractivity contribution < 1.29 is 9.53 Å². The zero-order valence-electron chi connectivity index (χ0n) is 14.6. The lowest BCUT2D eigenvalue weighted by molar-refractivity contribution is 0.0635. The molecule has 134 valence electrons. The van der Waals surface area contributed by atoms with Crippen LogP contribution in [0.2, 0.25) is 5.02 Å². The summed E-state index contributed by atoms with van der Waals surface area (Å²) < 4.78 is 5.21. The first-order chi connectivity index (χ1) is 12.3. The van der Waals surface area contributed by atoms with E-state index in [0.29, 0.717) is 22.6 Å². The number of pyridine rings is 1. The Morgan fingerprint density at radius 2 is 1.88 bits per heavy atom. The van der Waals surface area contributed by atoms with Crippen molar-refractivity contribution in [2.24, 2.45) is 0 Å². The van der Waals surface area contributed by atoms with E-state index in [4.69, 9.17) is 16.3 Å². The van der Waals surface area contributed by atoms with E-state index in [1.165, 1.54) is 6.20 Å². The smallest absolute Gasteiger partial charge is 0.413 e. The molecule has 0 saturated heterocycles.